The molecule has 0 heterocycles. The van der Waals surface area contributed by atoms with Crippen LogP contribution >= 0.6 is 0 Å². The fourth-order valence-corrected chi connectivity index (χ4v) is 4.83. The lowest BCUT2D eigenvalue weighted by Gasteiger charge is -2.30. The summed E-state index contributed by atoms with van der Waals surface area (Å²) in [5.74, 6) is 0.789. The summed E-state index contributed by atoms with van der Waals surface area (Å²) in [4.78, 5) is 26.1. The molecule has 1 aliphatic rings. The molecule has 0 radical (unpaired) electrons. The number of nitrogens with one attached hydrogen (secondary N) is 3. The van der Waals surface area contributed by atoms with Crippen LogP contribution in [0.1, 0.15) is 56.9 Å². The lowest BCUT2D eigenvalue weighted by Crippen LogP contribution is -2.45. The number of anilines is 1. The molecular formula is C28H39N3O3. The number of carbonyl (C=O) groups excluding carboxylic acids is 2. The summed E-state index contributed by atoms with van der Waals surface area (Å²) in [6, 6.07) is 17.6. The number of amides is 2. The van der Waals surface area contributed by atoms with Crippen LogP contribution in [0.25, 0.3) is 0 Å². The van der Waals surface area contributed by atoms with Gasteiger partial charge in [0.05, 0.1) is 18.9 Å². The normalized spacial score (nSPS) is 15.7. The van der Waals surface area contributed by atoms with Gasteiger partial charge in [0.2, 0.25) is 11.8 Å². The Kier molecular flexibility index (Phi) is 10.3. The average Bonchev–Trinajstić information content (AvgIpc) is 2.89. The zero-order chi connectivity index (χ0) is 24.2. The highest BCUT2D eigenvalue weighted by Crippen LogP contribution is 2.30. The molecule has 2 aromatic carbocycles. The van der Waals surface area contributed by atoms with Crippen LogP contribution in [0, 0.1) is 11.8 Å². The smallest absolute Gasteiger partial charge is 0.227 e. The number of hydrogen-bond donors (Lipinski definition) is 3. The minimum absolute atomic E-state index is 0.00322. The number of hydrogen-bond acceptors (Lipinski definition) is 4. The molecule has 6 nitrogen and oxygen atoms in total. The van der Waals surface area contributed by atoms with Crippen molar-refractivity contribution in [2.24, 2.45) is 11.8 Å². The molecule has 1 saturated carbocycles. The Morgan fingerprint density at radius 3 is 2.26 bits per heavy atom. The topological polar surface area (TPSA) is 79.5 Å². The second kappa shape index (κ2) is 13.6. The fourth-order valence-electron chi connectivity index (χ4n) is 4.83. The minimum atomic E-state index is -0.196. The highest BCUT2D eigenvalue weighted by atomic mass is 16.5. The van der Waals surface area contributed by atoms with E-state index in [1.807, 2.05) is 61.5 Å². The lowest BCUT2D eigenvalue weighted by atomic mass is 9.79. The molecule has 0 aromatic heterocycles. The zero-order valence-corrected chi connectivity index (χ0v) is 20.5. The molecule has 0 bridgehead atoms. The third-order valence-corrected chi connectivity index (χ3v) is 6.82. The maximum absolute atomic E-state index is 13.2. The van der Waals surface area contributed by atoms with Crippen LogP contribution in [0.2, 0.25) is 0 Å². The molecule has 3 rings (SSSR count). The van der Waals surface area contributed by atoms with E-state index in [0.29, 0.717) is 25.6 Å². The van der Waals surface area contributed by atoms with Gasteiger partial charge in [-0.05, 0) is 55.0 Å². The van der Waals surface area contributed by atoms with Crippen LogP contribution in [0.5, 0.6) is 5.75 Å². The van der Waals surface area contributed by atoms with Crippen molar-refractivity contribution in [1.82, 2.24) is 10.6 Å². The number of benzene rings is 2. The maximum atomic E-state index is 13.2. The van der Waals surface area contributed by atoms with E-state index < -0.39 is 0 Å². The van der Waals surface area contributed by atoms with E-state index in [1.54, 1.807) is 7.11 Å². The first-order valence-corrected chi connectivity index (χ1v) is 12.6. The lowest BCUT2D eigenvalue weighted by molar-refractivity contribution is -0.128. The molecule has 184 valence electrons. The Morgan fingerprint density at radius 1 is 0.912 bits per heavy atom. The molecule has 2 aromatic rings. The van der Waals surface area contributed by atoms with Crippen molar-refractivity contribution in [3.05, 3.63) is 60.2 Å². The van der Waals surface area contributed by atoms with Crippen molar-refractivity contribution >= 4 is 17.5 Å². The highest BCUT2D eigenvalue weighted by molar-refractivity contribution is 5.85. The van der Waals surface area contributed by atoms with Gasteiger partial charge in [-0.3, -0.25) is 9.59 Å². The van der Waals surface area contributed by atoms with Crippen LogP contribution in [0.3, 0.4) is 0 Å². The minimum Gasteiger partial charge on any atom is -0.497 e. The van der Waals surface area contributed by atoms with Crippen LogP contribution in [0.4, 0.5) is 5.69 Å². The van der Waals surface area contributed by atoms with Crippen molar-refractivity contribution in [3.8, 4) is 5.75 Å². The molecule has 0 aliphatic heterocycles. The largest absolute Gasteiger partial charge is 0.497 e. The van der Waals surface area contributed by atoms with Crippen molar-refractivity contribution in [3.63, 3.8) is 0 Å². The molecule has 2 atom stereocenters. The van der Waals surface area contributed by atoms with Gasteiger partial charge in [-0.2, -0.15) is 0 Å². The second-order valence-corrected chi connectivity index (χ2v) is 9.07. The van der Waals surface area contributed by atoms with Crippen LogP contribution in [0.15, 0.2) is 54.6 Å². The van der Waals surface area contributed by atoms with Gasteiger partial charge in [-0.15, -0.1) is 0 Å². The first-order valence-electron chi connectivity index (χ1n) is 12.6. The number of ether oxygens (including phenoxy) is 1. The fraction of sp³-hybridized carbons (Fsp3) is 0.500. The second-order valence-electron chi connectivity index (χ2n) is 9.07. The number of carbonyl (C=O) groups is 2. The Balaban J connectivity index is 1.53. The summed E-state index contributed by atoms with van der Waals surface area (Å²) in [5.41, 5.74) is 2.00. The van der Waals surface area contributed by atoms with Crippen LogP contribution in [-0.4, -0.2) is 38.6 Å². The van der Waals surface area contributed by atoms with Gasteiger partial charge in [-0.1, -0.05) is 56.5 Å². The molecule has 0 spiro atoms. The molecule has 1 aliphatic carbocycles. The first kappa shape index (κ1) is 25.6. The molecule has 6 heteroatoms. The van der Waals surface area contributed by atoms with Gasteiger partial charge in [0, 0.05) is 25.3 Å². The van der Waals surface area contributed by atoms with Crippen LogP contribution in [-0.2, 0) is 9.59 Å². The standard InChI is InChI=1S/C28H39N3O3/c1-3-25(21-10-6-4-7-11-21)27(32)31-20-26(22-12-8-5-9-13-22)28(33)30-19-18-29-23-14-16-24(34-2)17-15-23/h4,6-7,10-11,14-17,22,25-26,29H,3,5,8-9,12-13,18-20H2,1-2H3,(H,30,33)(H,31,32)/t25-,26?/m0/s1. The van der Waals surface area contributed by atoms with Gasteiger partial charge in [0.15, 0.2) is 0 Å². The van der Waals surface area contributed by atoms with Crippen LogP contribution < -0.4 is 20.7 Å². The SMILES string of the molecule is CC[C@H](C(=O)NCC(C(=O)NCCNc1ccc(OC)cc1)C1CCCCC1)c1ccccc1. The van der Waals surface area contributed by atoms with E-state index in [9.17, 15) is 9.59 Å². The third-order valence-electron chi connectivity index (χ3n) is 6.82. The highest BCUT2D eigenvalue weighted by Gasteiger charge is 2.30. The molecule has 1 fully saturated rings. The molecule has 2 amide bonds. The summed E-state index contributed by atoms with van der Waals surface area (Å²) in [7, 11) is 1.65. The van der Waals surface area contributed by atoms with Crippen molar-refractivity contribution in [2.45, 2.75) is 51.4 Å². The maximum Gasteiger partial charge on any atom is 0.227 e. The van der Waals surface area contributed by atoms with E-state index in [-0.39, 0.29) is 23.7 Å². The molecule has 34 heavy (non-hydrogen) atoms. The Morgan fingerprint density at radius 2 is 1.62 bits per heavy atom. The Bertz CT molecular complexity index is 880. The van der Waals surface area contributed by atoms with Gasteiger partial charge >= 0.3 is 0 Å². The Hall–Kier alpha value is -3.02. The third kappa shape index (κ3) is 7.51. The van der Waals surface area contributed by atoms with E-state index in [1.165, 1.54) is 6.42 Å². The first-order chi connectivity index (χ1) is 16.6. The Labute approximate surface area is 203 Å². The van der Waals surface area contributed by atoms with E-state index in [0.717, 1.165) is 49.1 Å². The van der Waals surface area contributed by atoms with Crippen molar-refractivity contribution in [1.29, 1.82) is 0 Å². The van der Waals surface area contributed by atoms with E-state index in [2.05, 4.69) is 16.0 Å². The van der Waals surface area contributed by atoms with E-state index >= 15 is 0 Å². The van der Waals surface area contributed by atoms with E-state index in [4.69, 9.17) is 4.74 Å². The number of methoxy groups -OCH3 is 1. The zero-order valence-electron chi connectivity index (χ0n) is 20.5. The summed E-state index contributed by atoms with van der Waals surface area (Å²) < 4.78 is 5.18. The summed E-state index contributed by atoms with van der Waals surface area (Å²) in [5, 5.41) is 9.53. The summed E-state index contributed by atoms with van der Waals surface area (Å²) in [6.07, 6.45) is 6.37. The molecule has 3 N–H and O–H groups in total. The molecular weight excluding hydrogens is 426 g/mol. The predicted molar refractivity (Wildman–Crippen MR) is 137 cm³/mol. The number of rotatable bonds is 12. The predicted octanol–water partition coefficient (Wildman–Crippen LogP) is 4.73. The monoisotopic (exact) mass is 465 g/mol. The molecule has 1 unspecified atom stereocenters. The van der Waals surface area contributed by atoms with Crippen molar-refractivity contribution < 1.29 is 14.3 Å². The summed E-state index contributed by atoms with van der Waals surface area (Å²) in [6.45, 7) is 3.58. The van der Waals surface area contributed by atoms with Crippen molar-refractivity contribution in [2.75, 3.05) is 32.1 Å². The average molecular weight is 466 g/mol. The van der Waals surface area contributed by atoms with Gasteiger partial charge in [-0.25, -0.2) is 0 Å². The summed E-state index contributed by atoms with van der Waals surface area (Å²) >= 11 is 0. The van der Waals surface area contributed by atoms with Gasteiger partial charge < -0.3 is 20.7 Å². The van der Waals surface area contributed by atoms with Gasteiger partial charge in [0.25, 0.3) is 0 Å². The van der Waals surface area contributed by atoms with Gasteiger partial charge in [0.1, 0.15) is 5.75 Å². The molecule has 0 saturated heterocycles. The quantitative estimate of drug-likeness (QED) is 0.396.